The van der Waals surface area contributed by atoms with Gasteiger partial charge in [-0.15, -0.1) is 0 Å². The van der Waals surface area contributed by atoms with Crippen LogP contribution >= 0.6 is 11.6 Å². The zero-order valence-electron chi connectivity index (χ0n) is 15.2. The number of halogens is 1. The third kappa shape index (κ3) is 4.62. The lowest BCUT2D eigenvalue weighted by Crippen LogP contribution is -2.43. The van der Waals surface area contributed by atoms with Gasteiger partial charge in [-0.1, -0.05) is 17.7 Å². The summed E-state index contributed by atoms with van der Waals surface area (Å²) in [6.45, 7) is 5.02. The Kier molecular flexibility index (Phi) is 6.39. The van der Waals surface area contributed by atoms with Gasteiger partial charge in [0.25, 0.3) is 0 Å². The first kappa shape index (κ1) is 19.9. The number of benzene rings is 1. The Morgan fingerprint density at radius 3 is 2.58 bits per heavy atom. The molecule has 1 aliphatic rings. The van der Waals surface area contributed by atoms with Crippen molar-refractivity contribution < 1.29 is 14.3 Å². The Labute approximate surface area is 158 Å². The number of ether oxygens (including phenoxy) is 2. The van der Waals surface area contributed by atoms with E-state index in [-0.39, 0.29) is 29.2 Å². The predicted molar refractivity (Wildman–Crippen MR) is 101 cm³/mol. The van der Waals surface area contributed by atoms with Crippen molar-refractivity contribution in [1.82, 2.24) is 4.90 Å². The summed E-state index contributed by atoms with van der Waals surface area (Å²) in [5, 5.41) is 0.0997. The number of carbonyl (C=O) groups is 1. The molecule has 1 saturated heterocycles. The van der Waals surface area contributed by atoms with Crippen LogP contribution in [0.4, 0.5) is 0 Å². The molecule has 2 unspecified atom stereocenters. The fourth-order valence-corrected chi connectivity index (χ4v) is 3.19. The Balaban J connectivity index is 2.32. The molecule has 1 aromatic carbocycles. The van der Waals surface area contributed by atoms with E-state index in [0.29, 0.717) is 24.4 Å². The van der Waals surface area contributed by atoms with Crippen molar-refractivity contribution >= 4 is 17.6 Å². The molecular weight excluding hydrogens is 356 g/mol. The van der Waals surface area contributed by atoms with Gasteiger partial charge in [-0.05, 0) is 43.2 Å². The maximum absolute atomic E-state index is 11.7. The molecule has 7 nitrogen and oxygen atoms in total. The molecule has 2 atom stereocenters. The summed E-state index contributed by atoms with van der Waals surface area (Å²) >= 11 is 5.80. The highest BCUT2D eigenvalue weighted by atomic mass is 35.5. The smallest absolute Gasteiger partial charge is 0.337 e. The summed E-state index contributed by atoms with van der Waals surface area (Å²) < 4.78 is 10.9. The summed E-state index contributed by atoms with van der Waals surface area (Å²) in [5.41, 5.74) is 20.2. The van der Waals surface area contributed by atoms with Gasteiger partial charge in [0.2, 0.25) is 0 Å². The van der Waals surface area contributed by atoms with Crippen LogP contribution in [0.5, 0.6) is 0 Å². The largest absolute Gasteiger partial charge is 0.465 e. The average Bonchev–Trinajstić information content (AvgIpc) is 2.57. The summed E-state index contributed by atoms with van der Waals surface area (Å²) in [4.78, 5) is 13.7. The molecule has 142 valence electrons. The standard InChI is InChI=1S/C18H25ClN4O3/c1-10-6-12(18(24)25-3)4-5-13(10)15-9-23(8-11(2)26-15)14(17(21)22)7-16(19)20/h4-7,11,15H,8-9,20-22H2,1-3H3/b16-7-. The molecule has 2 rings (SSSR count). The molecule has 1 heterocycles. The van der Waals surface area contributed by atoms with Gasteiger partial charge in [0.15, 0.2) is 0 Å². The fraction of sp³-hybridized carbons (Fsp3) is 0.389. The van der Waals surface area contributed by atoms with Crippen LogP contribution in [-0.2, 0) is 9.47 Å². The lowest BCUT2D eigenvalue weighted by molar-refractivity contribution is -0.0686. The van der Waals surface area contributed by atoms with Gasteiger partial charge >= 0.3 is 5.97 Å². The summed E-state index contributed by atoms with van der Waals surface area (Å²) in [5.74, 6) is -0.234. The van der Waals surface area contributed by atoms with Gasteiger partial charge in [-0.3, -0.25) is 0 Å². The maximum atomic E-state index is 11.7. The van der Waals surface area contributed by atoms with E-state index in [4.69, 9.17) is 38.3 Å². The second kappa shape index (κ2) is 8.33. The van der Waals surface area contributed by atoms with Crippen molar-refractivity contribution in [3.63, 3.8) is 0 Å². The molecule has 8 heteroatoms. The predicted octanol–water partition coefficient (Wildman–Crippen LogP) is 1.67. The van der Waals surface area contributed by atoms with Crippen LogP contribution < -0.4 is 17.2 Å². The summed E-state index contributed by atoms with van der Waals surface area (Å²) in [6, 6.07) is 5.40. The van der Waals surface area contributed by atoms with E-state index < -0.39 is 0 Å². The quantitative estimate of drug-likeness (QED) is 0.413. The number of esters is 1. The minimum atomic E-state index is -0.372. The molecule has 0 radical (unpaired) electrons. The first-order valence-corrected chi connectivity index (χ1v) is 8.57. The van der Waals surface area contributed by atoms with Crippen LogP contribution in [0, 0.1) is 6.92 Å². The molecule has 6 N–H and O–H groups in total. The van der Waals surface area contributed by atoms with Gasteiger partial charge in [-0.25, -0.2) is 4.79 Å². The highest BCUT2D eigenvalue weighted by Gasteiger charge is 2.29. The molecule has 1 aromatic rings. The van der Waals surface area contributed by atoms with Gasteiger partial charge in [0.05, 0.1) is 24.5 Å². The minimum Gasteiger partial charge on any atom is -0.465 e. The zero-order chi connectivity index (χ0) is 19.4. The fourth-order valence-electron chi connectivity index (χ4n) is 3.09. The molecule has 0 spiro atoms. The number of nitrogens with zero attached hydrogens (tertiary/aromatic N) is 1. The van der Waals surface area contributed by atoms with E-state index in [1.807, 2.05) is 24.8 Å². The average molecular weight is 381 g/mol. The normalized spacial score (nSPS) is 20.6. The van der Waals surface area contributed by atoms with E-state index in [9.17, 15) is 4.79 Å². The van der Waals surface area contributed by atoms with E-state index >= 15 is 0 Å². The Hall–Kier alpha value is -2.38. The molecule has 0 bridgehead atoms. The van der Waals surface area contributed by atoms with E-state index in [1.54, 1.807) is 18.2 Å². The molecular formula is C18H25ClN4O3. The molecule has 1 aliphatic heterocycles. The van der Waals surface area contributed by atoms with Crippen LogP contribution in [0.25, 0.3) is 0 Å². The third-order valence-electron chi connectivity index (χ3n) is 4.21. The summed E-state index contributed by atoms with van der Waals surface area (Å²) in [7, 11) is 1.36. The number of rotatable bonds is 4. The van der Waals surface area contributed by atoms with Crippen molar-refractivity contribution in [3.05, 3.63) is 57.6 Å². The lowest BCUT2D eigenvalue weighted by Gasteiger charge is -2.39. The number of hydrogen-bond donors (Lipinski definition) is 3. The van der Waals surface area contributed by atoms with E-state index in [1.165, 1.54) is 7.11 Å². The second-order valence-corrected chi connectivity index (χ2v) is 6.71. The van der Waals surface area contributed by atoms with Gasteiger partial charge in [0.1, 0.15) is 17.1 Å². The van der Waals surface area contributed by atoms with Crippen molar-refractivity contribution in [2.75, 3.05) is 20.2 Å². The van der Waals surface area contributed by atoms with Crippen molar-refractivity contribution in [2.24, 2.45) is 17.2 Å². The van der Waals surface area contributed by atoms with Gasteiger partial charge in [-0.2, -0.15) is 0 Å². The third-order valence-corrected chi connectivity index (χ3v) is 4.32. The van der Waals surface area contributed by atoms with Gasteiger partial charge < -0.3 is 31.6 Å². The monoisotopic (exact) mass is 380 g/mol. The first-order chi connectivity index (χ1) is 12.2. The summed E-state index contributed by atoms with van der Waals surface area (Å²) in [6.07, 6.45) is 1.26. The topological polar surface area (TPSA) is 117 Å². The van der Waals surface area contributed by atoms with Gasteiger partial charge in [0, 0.05) is 13.1 Å². The number of nitrogens with two attached hydrogens (primary N) is 3. The van der Waals surface area contributed by atoms with Crippen LogP contribution in [0.15, 0.2) is 40.9 Å². The van der Waals surface area contributed by atoms with Crippen LogP contribution in [0.2, 0.25) is 0 Å². The SMILES string of the molecule is COC(=O)c1ccc(C2CN(C(/C=C(\N)Cl)=C(N)N)CC(C)O2)c(C)c1. The zero-order valence-corrected chi connectivity index (χ0v) is 15.9. The molecule has 0 aromatic heterocycles. The second-order valence-electron chi connectivity index (χ2n) is 6.27. The number of hydrogen-bond acceptors (Lipinski definition) is 7. The maximum Gasteiger partial charge on any atom is 0.337 e. The van der Waals surface area contributed by atoms with Crippen molar-refractivity contribution in [2.45, 2.75) is 26.1 Å². The number of carbonyl (C=O) groups excluding carboxylic acids is 1. The van der Waals surface area contributed by atoms with E-state index in [2.05, 4.69) is 0 Å². The Morgan fingerprint density at radius 1 is 1.35 bits per heavy atom. The number of allylic oxidation sites excluding steroid dienone is 1. The first-order valence-electron chi connectivity index (χ1n) is 8.20. The molecule has 0 saturated carbocycles. The number of methoxy groups -OCH3 is 1. The van der Waals surface area contributed by atoms with Crippen molar-refractivity contribution in [1.29, 1.82) is 0 Å². The highest BCUT2D eigenvalue weighted by Crippen LogP contribution is 2.30. The van der Waals surface area contributed by atoms with Crippen LogP contribution in [0.3, 0.4) is 0 Å². The molecule has 0 aliphatic carbocycles. The van der Waals surface area contributed by atoms with E-state index in [0.717, 1.165) is 11.1 Å². The molecule has 26 heavy (non-hydrogen) atoms. The van der Waals surface area contributed by atoms with Crippen LogP contribution in [0.1, 0.15) is 34.5 Å². The highest BCUT2D eigenvalue weighted by molar-refractivity contribution is 6.29. The Morgan fingerprint density at radius 2 is 2.04 bits per heavy atom. The minimum absolute atomic E-state index is 0.0623. The lowest BCUT2D eigenvalue weighted by atomic mass is 9.98. The number of aryl methyl sites for hydroxylation is 1. The molecule has 1 fully saturated rings. The Bertz CT molecular complexity index is 740. The number of morpholine rings is 1. The van der Waals surface area contributed by atoms with Crippen molar-refractivity contribution in [3.8, 4) is 0 Å². The molecule has 0 amide bonds. The van der Waals surface area contributed by atoms with Crippen LogP contribution in [-0.4, -0.2) is 37.2 Å².